The number of hydrogen-bond donors (Lipinski definition) is 3. The van der Waals surface area contributed by atoms with E-state index >= 15 is 0 Å². The summed E-state index contributed by atoms with van der Waals surface area (Å²) in [5, 5.41) is 14.2. The third kappa shape index (κ3) is 5.02. The standard InChI is InChI=1S/C14H12FNO.C9H13N3O/c1-9-5-6-11(8-13(9)15)10-3-2-4-12(7-10)14(16)17;10-3-4-11-9(13)8-6-1-2-7(5-6)12-8/h2-8H,1H3,(H2,16,17);6-8,12H,1-2,4-5H2,(H,11,13). The monoisotopic (exact) mass is 408 g/mol. The lowest BCUT2D eigenvalue weighted by atomic mass is 9.99. The molecule has 7 heteroatoms. The van der Waals surface area contributed by atoms with Gasteiger partial charge in [-0.15, -0.1) is 0 Å². The molecule has 0 spiro atoms. The van der Waals surface area contributed by atoms with Gasteiger partial charge in [0.15, 0.2) is 0 Å². The Balaban J connectivity index is 0.000000177. The highest BCUT2D eigenvalue weighted by Crippen LogP contribution is 2.35. The molecule has 3 unspecified atom stereocenters. The molecule has 30 heavy (non-hydrogen) atoms. The average Bonchev–Trinajstić information content (AvgIpc) is 3.38. The number of halogens is 1. The Morgan fingerprint density at radius 2 is 2.00 bits per heavy atom. The van der Waals surface area contributed by atoms with Crippen LogP contribution >= 0.6 is 0 Å². The van der Waals surface area contributed by atoms with E-state index in [-0.39, 0.29) is 24.3 Å². The fraction of sp³-hybridized carbons (Fsp3) is 0.348. The lowest BCUT2D eigenvalue weighted by molar-refractivity contribution is -0.123. The molecular weight excluding hydrogens is 383 g/mol. The summed E-state index contributed by atoms with van der Waals surface area (Å²) < 4.78 is 13.4. The molecule has 2 aromatic carbocycles. The molecule has 1 saturated carbocycles. The van der Waals surface area contributed by atoms with Crippen LogP contribution in [0, 0.1) is 30.0 Å². The topological polar surface area (TPSA) is 108 Å². The highest BCUT2D eigenvalue weighted by Gasteiger charge is 2.42. The normalized spacial score (nSPS) is 21.3. The smallest absolute Gasteiger partial charge is 0.248 e. The summed E-state index contributed by atoms with van der Waals surface area (Å²) in [4.78, 5) is 22.5. The van der Waals surface area contributed by atoms with E-state index in [0.29, 0.717) is 23.1 Å². The molecule has 2 aromatic rings. The number of rotatable bonds is 4. The number of fused-ring (bicyclic) bond motifs is 2. The number of piperidine rings is 1. The summed E-state index contributed by atoms with van der Waals surface area (Å²) in [5.74, 6) is -0.246. The van der Waals surface area contributed by atoms with Crippen molar-refractivity contribution >= 4 is 11.8 Å². The molecule has 1 saturated heterocycles. The van der Waals surface area contributed by atoms with Gasteiger partial charge in [-0.3, -0.25) is 9.59 Å². The number of nitrogens with two attached hydrogens (primary N) is 1. The van der Waals surface area contributed by atoms with Crippen LogP contribution in [0.3, 0.4) is 0 Å². The van der Waals surface area contributed by atoms with Crippen LogP contribution in [0.4, 0.5) is 4.39 Å². The molecule has 2 amide bonds. The summed E-state index contributed by atoms with van der Waals surface area (Å²) >= 11 is 0. The van der Waals surface area contributed by atoms with Gasteiger partial charge in [-0.05, 0) is 67.0 Å². The molecule has 4 N–H and O–H groups in total. The number of carbonyl (C=O) groups excluding carboxylic acids is 2. The summed E-state index contributed by atoms with van der Waals surface area (Å²) in [6.45, 7) is 1.83. The third-order valence-corrected chi connectivity index (χ3v) is 5.64. The number of aryl methyl sites for hydroxylation is 1. The highest BCUT2D eigenvalue weighted by molar-refractivity contribution is 5.94. The molecule has 6 nitrogen and oxygen atoms in total. The minimum absolute atomic E-state index is 0.00579. The quantitative estimate of drug-likeness (QED) is 0.676. The molecule has 2 bridgehead atoms. The van der Waals surface area contributed by atoms with Gasteiger partial charge in [0.05, 0.1) is 12.1 Å². The number of carbonyl (C=O) groups is 2. The number of nitrogens with one attached hydrogen (secondary N) is 2. The van der Waals surface area contributed by atoms with Crippen molar-refractivity contribution in [1.29, 1.82) is 5.26 Å². The molecule has 2 fully saturated rings. The van der Waals surface area contributed by atoms with Crippen LogP contribution < -0.4 is 16.4 Å². The molecule has 0 radical (unpaired) electrons. The van der Waals surface area contributed by atoms with Crippen molar-refractivity contribution < 1.29 is 14.0 Å². The van der Waals surface area contributed by atoms with Crippen molar-refractivity contribution in [2.45, 2.75) is 38.3 Å². The lowest BCUT2D eigenvalue weighted by Crippen LogP contribution is -2.47. The Hall–Kier alpha value is -3.24. The second kappa shape index (κ2) is 9.51. The minimum Gasteiger partial charge on any atom is -0.366 e. The zero-order valence-electron chi connectivity index (χ0n) is 16.8. The van der Waals surface area contributed by atoms with Gasteiger partial charge in [-0.25, -0.2) is 4.39 Å². The van der Waals surface area contributed by atoms with Gasteiger partial charge in [0.1, 0.15) is 12.4 Å². The summed E-state index contributed by atoms with van der Waals surface area (Å²) in [6.07, 6.45) is 3.49. The van der Waals surface area contributed by atoms with Gasteiger partial charge in [-0.2, -0.15) is 5.26 Å². The molecule has 4 rings (SSSR count). The lowest BCUT2D eigenvalue weighted by Gasteiger charge is -2.21. The van der Waals surface area contributed by atoms with Crippen LogP contribution in [0.2, 0.25) is 0 Å². The SMILES string of the molecule is Cc1ccc(-c2cccc(C(N)=O)c2)cc1F.N#CCNC(=O)C1NC2CCC1C2. The Morgan fingerprint density at radius 3 is 2.60 bits per heavy atom. The number of nitrogens with zero attached hydrogens (tertiary/aromatic N) is 1. The predicted molar refractivity (Wildman–Crippen MR) is 112 cm³/mol. The number of primary amides is 1. The van der Waals surface area contributed by atoms with Crippen LogP contribution in [0.1, 0.15) is 35.2 Å². The number of nitriles is 1. The van der Waals surface area contributed by atoms with Crippen molar-refractivity contribution in [3.8, 4) is 17.2 Å². The van der Waals surface area contributed by atoms with Gasteiger partial charge >= 0.3 is 0 Å². The van der Waals surface area contributed by atoms with Crippen molar-refractivity contribution in [3.63, 3.8) is 0 Å². The summed E-state index contributed by atoms with van der Waals surface area (Å²) in [5.41, 5.74) is 7.73. The van der Waals surface area contributed by atoms with Gasteiger partial charge < -0.3 is 16.4 Å². The van der Waals surface area contributed by atoms with Gasteiger partial charge in [0, 0.05) is 11.6 Å². The Labute approximate surface area is 175 Å². The number of hydrogen-bond acceptors (Lipinski definition) is 4. The first-order chi connectivity index (χ1) is 14.4. The molecule has 0 aromatic heterocycles. The molecule has 2 aliphatic rings. The molecule has 3 atom stereocenters. The van der Waals surface area contributed by atoms with Crippen LogP contribution in [0.15, 0.2) is 42.5 Å². The second-order valence-electron chi connectivity index (χ2n) is 7.70. The van der Waals surface area contributed by atoms with Crippen LogP contribution in [-0.2, 0) is 4.79 Å². The first-order valence-electron chi connectivity index (χ1n) is 9.96. The van der Waals surface area contributed by atoms with Gasteiger partial charge in [0.2, 0.25) is 11.8 Å². The summed E-state index contributed by atoms with van der Waals surface area (Å²) in [6, 6.07) is 14.2. The third-order valence-electron chi connectivity index (χ3n) is 5.64. The molecule has 1 aliphatic heterocycles. The Morgan fingerprint density at radius 1 is 1.23 bits per heavy atom. The fourth-order valence-corrected chi connectivity index (χ4v) is 4.01. The maximum atomic E-state index is 13.4. The van der Waals surface area contributed by atoms with Crippen LogP contribution in [0.5, 0.6) is 0 Å². The van der Waals surface area contributed by atoms with Gasteiger partial charge in [0.25, 0.3) is 0 Å². The van der Waals surface area contributed by atoms with E-state index < -0.39 is 5.91 Å². The van der Waals surface area contributed by atoms with E-state index in [1.165, 1.54) is 12.5 Å². The van der Waals surface area contributed by atoms with Crippen molar-refractivity contribution in [2.75, 3.05) is 6.54 Å². The zero-order chi connectivity index (χ0) is 21.7. The number of amides is 2. The minimum atomic E-state index is -0.487. The fourth-order valence-electron chi connectivity index (χ4n) is 4.01. The first kappa shape index (κ1) is 21.5. The van der Waals surface area contributed by atoms with E-state index in [1.807, 2.05) is 18.2 Å². The molecular formula is C23H25FN4O2. The average molecular weight is 408 g/mol. The van der Waals surface area contributed by atoms with Crippen LogP contribution in [0.25, 0.3) is 11.1 Å². The maximum absolute atomic E-state index is 13.4. The predicted octanol–water partition coefficient (Wildman–Crippen LogP) is 2.67. The van der Waals surface area contributed by atoms with E-state index in [4.69, 9.17) is 11.0 Å². The first-order valence-corrected chi connectivity index (χ1v) is 9.96. The van der Waals surface area contributed by atoms with Crippen molar-refractivity contribution in [3.05, 3.63) is 59.4 Å². The Bertz CT molecular complexity index is 985. The van der Waals surface area contributed by atoms with Gasteiger partial charge in [-0.1, -0.05) is 24.3 Å². The highest BCUT2D eigenvalue weighted by atomic mass is 19.1. The van der Waals surface area contributed by atoms with Crippen molar-refractivity contribution in [1.82, 2.24) is 10.6 Å². The summed E-state index contributed by atoms with van der Waals surface area (Å²) in [7, 11) is 0. The van der Waals surface area contributed by atoms with E-state index in [9.17, 15) is 14.0 Å². The van der Waals surface area contributed by atoms with E-state index in [0.717, 1.165) is 24.0 Å². The second-order valence-corrected chi connectivity index (χ2v) is 7.70. The Kier molecular flexibility index (Phi) is 6.80. The molecule has 156 valence electrons. The maximum Gasteiger partial charge on any atom is 0.248 e. The largest absolute Gasteiger partial charge is 0.366 e. The molecule has 1 heterocycles. The number of benzene rings is 2. The van der Waals surface area contributed by atoms with E-state index in [2.05, 4.69) is 10.6 Å². The van der Waals surface area contributed by atoms with Crippen LogP contribution in [-0.4, -0.2) is 30.4 Å². The molecule has 1 aliphatic carbocycles. The zero-order valence-corrected chi connectivity index (χ0v) is 16.8. The van der Waals surface area contributed by atoms with E-state index in [1.54, 1.807) is 31.2 Å². The van der Waals surface area contributed by atoms with Crippen molar-refractivity contribution in [2.24, 2.45) is 11.7 Å².